The molecular formula is C22H18Cl2N2O2. The zero-order valence-electron chi connectivity index (χ0n) is 14.9. The number of primary amides is 1. The summed E-state index contributed by atoms with van der Waals surface area (Å²) in [6, 6.07) is 21.1. The summed E-state index contributed by atoms with van der Waals surface area (Å²) < 4.78 is 0. The highest BCUT2D eigenvalue weighted by atomic mass is 35.5. The number of carbonyl (C=O) groups is 2. The molecule has 3 aromatic rings. The molecule has 28 heavy (non-hydrogen) atoms. The molecule has 0 aliphatic heterocycles. The fraction of sp³-hybridized carbons (Fsp3) is 0.0909. The first-order chi connectivity index (χ1) is 13.4. The third kappa shape index (κ3) is 4.91. The normalized spacial score (nSPS) is 11.6. The van der Waals surface area contributed by atoms with Gasteiger partial charge in [-0.3, -0.25) is 9.59 Å². The number of nitrogens with two attached hydrogens (primary N) is 1. The lowest BCUT2D eigenvalue weighted by molar-refractivity contribution is -0.119. The van der Waals surface area contributed by atoms with Crippen LogP contribution in [0.1, 0.15) is 15.9 Å². The quantitative estimate of drug-likeness (QED) is 0.625. The van der Waals surface area contributed by atoms with Crippen LogP contribution in [0.2, 0.25) is 10.0 Å². The van der Waals surface area contributed by atoms with E-state index in [0.717, 1.165) is 11.1 Å². The number of amides is 2. The van der Waals surface area contributed by atoms with Gasteiger partial charge in [0.05, 0.1) is 0 Å². The molecule has 0 aromatic heterocycles. The number of halogens is 2. The Morgan fingerprint density at radius 1 is 0.893 bits per heavy atom. The smallest absolute Gasteiger partial charge is 0.251 e. The van der Waals surface area contributed by atoms with Crippen LogP contribution in [0.15, 0.2) is 72.8 Å². The lowest BCUT2D eigenvalue weighted by Gasteiger charge is -2.16. The van der Waals surface area contributed by atoms with Crippen molar-refractivity contribution in [1.29, 1.82) is 0 Å². The second-order valence-electron chi connectivity index (χ2n) is 6.31. The molecule has 3 aromatic carbocycles. The number of nitrogens with one attached hydrogen (secondary N) is 1. The minimum absolute atomic E-state index is 0.180. The van der Waals surface area contributed by atoms with Crippen LogP contribution < -0.4 is 11.1 Å². The van der Waals surface area contributed by atoms with Crippen LogP contribution in [-0.2, 0) is 11.2 Å². The minimum atomic E-state index is -0.889. The van der Waals surface area contributed by atoms with Gasteiger partial charge in [0, 0.05) is 22.0 Å². The van der Waals surface area contributed by atoms with Crippen molar-refractivity contribution in [2.75, 3.05) is 0 Å². The average Bonchev–Trinajstić information content (AvgIpc) is 2.70. The Kier molecular flexibility index (Phi) is 6.34. The summed E-state index contributed by atoms with van der Waals surface area (Å²) in [7, 11) is 0. The van der Waals surface area contributed by atoms with Crippen molar-refractivity contribution in [1.82, 2.24) is 5.32 Å². The molecule has 0 heterocycles. The summed E-state index contributed by atoms with van der Waals surface area (Å²) in [5.74, 6) is -1.02. The van der Waals surface area contributed by atoms with Crippen molar-refractivity contribution >= 4 is 35.0 Å². The van der Waals surface area contributed by atoms with Crippen molar-refractivity contribution in [3.05, 3.63) is 94.0 Å². The highest BCUT2D eigenvalue weighted by Gasteiger charge is 2.20. The summed E-state index contributed by atoms with van der Waals surface area (Å²) >= 11 is 12.0. The van der Waals surface area contributed by atoms with Gasteiger partial charge in [-0.15, -0.1) is 0 Å². The second-order valence-corrected chi connectivity index (χ2v) is 7.16. The fourth-order valence-corrected chi connectivity index (χ4v) is 3.30. The Labute approximate surface area is 173 Å². The molecule has 4 nitrogen and oxygen atoms in total. The molecule has 0 saturated heterocycles. The molecular weight excluding hydrogens is 395 g/mol. The zero-order chi connectivity index (χ0) is 20.1. The molecule has 0 aliphatic carbocycles. The van der Waals surface area contributed by atoms with E-state index in [1.807, 2.05) is 42.5 Å². The lowest BCUT2D eigenvalue weighted by atomic mass is 10.0. The van der Waals surface area contributed by atoms with Crippen LogP contribution in [0.5, 0.6) is 0 Å². The number of rotatable bonds is 6. The van der Waals surface area contributed by atoms with E-state index in [1.165, 1.54) is 0 Å². The highest BCUT2D eigenvalue weighted by Crippen LogP contribution is 2.22. The van der Waals surface area contributed by atoms with Crippen LogP contribution in [0.25, 0.3) is 11.1 Å². The summed E-state index contributed by atoms with van der Waals surface area (Å²) in [5.41, 5.74) is 8.64. The number of hydrogen-bond donors (Lipinski definition) is 2. The third-order valence-corrected chi connectivity index (χ3v) is 4.93. The van der Waals surface area contributed by atoms with Gasteiger partial charge in [0.25, 0.3) is 5.91 Å². The zero-order valence-corrected chi connectivity index (χ0v) is 16.4. The Hall–Kier alpha value is -2.82. The Balaban J connectivity index is 1.73. The van der Waals surface area contributed by atoms with Gasteiger partial charge in [-0.2, -0.15) is 0 Å². The maximum absolute atomic E-state index is 12.6. The van der Waals surface area contributed by atoms with Crippen molar-refractivity contribution in [3.63, 3.8) is 0 Å². The standard InChI is InChI=1S/C22H18Cl2N2O2/c23-18-11-10-17(19(24)13-18)12-20(21(25)27)26-22(28)16-8-6-15(7-9-16)14-4-2-1-3-5-14/h1-11,13,20H,12H2,(H2,25,27)(H,26,28)/t20-/m0/s1. The molecule has 0 aliphatic rings. The number of carbonyl (C=O) groups excluding carboxylic acids is 2. The SMILES string of the molecule is NC(=O)[C@H](Cc1ccc(Cl)cc1Cl)NC(=O)c1ccc(-c2ccccc2)cc1. The first-order valence-electron chi connectivity index (χ1n) is 8.63. The molecule has 3 N–H and O–H groups in total. The van der Waals surface area contributed by atoms with E-state index in [-0.39, 0.29) is 12.3 Å². The molecule has 2 amide bonds. The molecule has 142 valence electrons. The topological polar surface area (TPSA) is 72.2 Å². The monoisotopic (exact) mass is 412 g/mol. The van der Waals surface area contributed by atoms with Gasteiger partial charge in [-0.25, -0.2) is 0 Å². The van der Waals surface area contributed by atoms with Gasteiger partial charge in [-0.1, -0.05) is 71.7 Å². The molecule has 0 saturated carbocycles. The first-order valence-corrected chi connectivity index (χ1v) is 9.39. The summed E-state index contributed by atoms with van der Waals surface area (Å²) in [4.78, 5) is 24.4. The van der Waals surface area contributed by atoms with E-state index in [2.05, 4.69) is 5.32 Å². The van der Waals surface area contributed by atoms with Gasteiger partial charge < -0.3 is 11.1 Å². The summed E-state index contributed by atoms with van der Waals surface area (Å²) in [5, 5.41) is 3.59. The molecule has 0 bridgehead atoms. The molecule has 0 radical (unpaired) electrons. The highest BCUT2D eigenvalue weighted by molar-refractivity contribution is 6.35. The van der Waals surface area contributed by atoms with Crippen LogP contribution in [-0.4, -0.2) is 17.9 Å². The van der Waals surface area contributed by atoms with E-state index in [1.54, 1.807) is 30.3 Å². The Morgan fingerprint density at radius 2 is 1.54 bits per heavy atom. The van der Waals surface area contributed by atoms with E-state index in [4.69, 9.17) is 28.9 Å². The van der Waals surface area contributed by atoms with Crippen molar-refractivity contribution < 1.29 is 9.59 Å². The van der Waals surface area contributed by atoms with Gasteiger partial charge in [0.15, 0.2) is 0 Å². The van der Waals surface area contributed by atoms with Gasteiger partial charge in [0.2, 0.25) is 5.91 Å². The summed E-state index contributed by atoms with van der Waals surface area (Å²) in [6.45, 7) is 0. The number of benzene rings is 3. The van der Waals surface area contributed by atoms with Crippen molar-refractivity contribution in [3.8, 4) is 11.1 Å². The first kappa shape index (κ1) is 19.9. The molecule has 0 fully saturated rings. The molecule has 0 unspecified atom stereocenters. The molecule has 3 rings (SSSR count). The van der Waals surface area contributed by atoms with E-state index >= 15 is 0 Å². The van der Waals surface area contributed by atoms with Crippen LogP contribution in [0.3, 0.4) is 0 Å². The predicted octanol–water partition coefficient (Wildman–Crippen LogP) is 4.49. The van der Waals surface area contributed by atoms with E-state index in [0.29, 0.717) is 21.2 Å². The summed E-state index contributed by atoms with van der Waals surface area (Å²) in [6.07, 6.45) is 0.180. The Morgan fingerprint density at radius 3 is 2.14 bits per heavy atom. The molecule has 0 spiro atoms. The van der Waals surface area contributed by atoms with Gasteiger partial charge in [-0.05, 0) is 41.0 Å². The fourth-order valence-electron chi connectivity index (χ4n) is 2.82. The number of hydrogen-bond acceptors (Lipinski definition) is 2. The molecule has 6 heteroatoms. The maximum atomic E-state index is 12.6. The predicted molar refractivity (Wildman–Crippen MR) is 112 cm³/mol. The largest absolute Gasteiger partial charge is 0.368 e. The lowest BCUT2D eigenvalue weighted by Crippen LogP contribution is -2.45. The third-order valence-electron chi connectivity index (χ3n) is 4.34. The van der Waals surface area contributed by atoms with Crippen LogP contribution >= 0.6 is 23.2 Å². The van der Waals surface area contributed by atoms with Gasteiger partial charge in [0.1, 0.15) is 6.04 Å². The van der Waals surface area contributed by atoms with Crippen LogP contribution in [0, 0.1) is 0 Å². The van der Waals surface area contributed by atoms with Crippen molar-refractivity contribution in [2.45, 2.75) is 12.5 Å². The van der Waals surface area contributed by atoms with E-state index < -0.39 is 11.9 Å². The minimum Gasteiger partial charge on any atom is -0.368 e. The average molecular weight is 413 g/mol. The van der Waals surface area contributed by atoms with Crippen LogP contribution in [0.4, 0.5) is 0 Å². The van der Waals surface area contributed by atoms with Gasteiger partial charge >= 0.3 is 0 Å². The second kappa shape index (κ2) is 8.91. The maximum Gasteiger partial charge on any atom is 0.251 e. The molecule has 1 atom stereocenters. The Bertz CT molecular complexity index is 989. The van der Waals surface area contributed by atoms with Crippen molar-refractivity contribution in [2.24, 2.45) is 5.73 Å². The van der Waals surface area contributed by atoms with E-state index in [9.17, 15) is 9.59 Å².